The van der Waals surface area contributed by atoms with Gasteiger partial charge in [0.15, 0.2) is 21.5 Å². The summed E-state index contributed by atoms with van der Waals surface area (Å²) in [6.45, 7) is 12.1. The third-order valence-electron chi connectivity index (χ3n) is 8.03. The predicted molar refractivity (Wildman–Crippen MR) is 181 cm³/mol. The molecule has 0 aliphatic heterocycles. The zero-order valence-electron chi connectivity index (χ0n) is 27.5. The highest BCUT2D eigenvalue weighted by Crippen LogP contribution is 2.37. The lowest BCUT2D eigenvalue weighted by Crippen LogP contribution is -2.15. The number of ether oxygens (including phenoxy) is 2. The van der Waals surface area contributed by atoms with E-state index < -0.39 is 0 Å². The molecule has 0 radical (unpaired) electrons. The highest BCUT2D eigenvalue weighted by Gasteiger charge is 2.26. The first-order valence-electron chi connectivity index (χ1n) is 15.3. The number of benzene rings is 4. The van der Waals surface area contributed by atoms with Gasteiger partial charge in [0.05, 0.1) is 12.2 Å². The molecule has 0 heterocycles. The first kappa shape index (κ1) is 34.9. The Kier molecular flexibility index (Phi) is 12.9. The van der Waals surface area contributed by atoms with E-state index >= 15 is 0 Å². The molecule has 0 spiro atoms. The average molecular weight is 618 g/mol. The summed E-state index contributed by atoms with van der Waals surface area (Å²) >= 11 is 0. The summed E-state index contributed by atoms with van der Waals surface area (Å²) in [4.78, 5) is 21.0. The lowest BCUT2D eigenvalue weighted by Gasteiger charge is -2.09. The summed E-state index contributed by atoms with van der Waals surface area (Å²) in [5.74, 6) is 0.308. The normalized spacial score (nSPS) is 10.8. The molecule has 0 N–H and O–H groups in total. The first-order valence-corrected chi connectivity index (χ1v) is 15.3. The van der Waals surface area contributed by atoms with Gasteiger partial charge in [-0.1, -0.05) is 36.4 Å². The van der Waals surface area contributed by atoms with Crippen LogP contribution in [0.25, 0.3) is 14.9 Å². The highest BCUT2D eigenvalue weighted by molar-refractivity contribution is 5.71. The lowest BCUT2D eigenvalue weighted by atomic mass is 9.95. The summed E-state index contributed by atoms with van der Waals surface area (Å²) in [5, 5.41) is 26.4. The van der Waals surface area contributed by atoms with Gasteiger partial charge in [-0.2, -0.15) is 0 Å². The van der Waals surface area contributed by atoms with E-state index in [4.69, 9.17) is 25.7 Å². The van der Waals surface area contributed by atoms with Crippen molar-refractivity contribution < 1.29 is 14.3 Å². The summed E-state index contributed by atoms with van der Waals surface area (Å²) < 4.78 is 10.3. The third kappa shape index (κ3) is 9.21. The van der Waals surface area contributed by atoms with Crippen LogP contribution in [0.3, 0.4) is 0 Å². The molecule has 4 aromatic rings. The average Bonchev–Trinajstić information content (AvgIpc) is 3.56. The first-order chi connectivity index (χ1) is 22.1. The van der Waals surface area contributed by atoms with Gasteiger partial charge in [-0.15, -0.1) is 0 Å². The van der Waals surface area contributed by atoms with Crippen LogP contribution >= 0.6 is 0 Å². The second kappa shape index (κ2) is 17.0. The Labute approximate surface area is 271 Å². The number of hydrogen-bond acceptors (Lipinski definition) is 6. The molecule has 0 unspecified atom stereocenters. The maximum absolute atomic E-state index is 11.2. The zero-order valence-corrected chi connectivity index (χ0v) is 27.5. The van der Waals surface area contributed by atoms with Gasteiger partial charge in [-0.25, -0.2) is 4.79 Å². The fourth-order valence-electron chi connectivity index (χ4n) is 5.34. The molecule has 9 nitrogen and oxygen atoms in total. The van der Waals surface area contributed by atoms with Crippen molar-refractivity contribution in [2.24, 2.45) is 0 Å². The van der Waals surface area contributed by atoms with Gasteiger partial charge in [0.2, 0.25) is 16.2 Å². The maximum Gasteiger partial charge on any atom is 0.388 e. The third-order valence-corrected chi connectivity index (χ3v) is 8.03. The van der Waals surface area contributed by atoms with Crippen LogP contribution < -0.4 is 4.74 Å². The SMILES string of the molecule is CCOC(=O)COc1ccc([N+]#N)c2c1CCC2.Cc1cc(C)c([N+]#N)cc1C.Cc1ccc([N+]#N)c(C)c1Cc1ccccc1. The Morgan fingerprint density at radius 2 is 1.35 bits per heavy atom. The Balaban J connectivity index is 0.000000194. The summed E-state index contributed by atoms with van der Waals surface area (Å²) in [6.07, 6.45) is 3.65. The molecule has 1 aliphatic carbocycles. The van der Waals surface area contributed by atoms with Gasteiger partial charge in [-0.3, -0.25) is 0 Å². The maximum atomic E-state index is 11.2. The standard InChI is InChI=1S/C15H15N2.C13H15N2O3.C9H11N2/c1-11-8-9-15(17-16)12(2)14(11)10-13-6-4-3-5-7-13;1-2-17-13(16)8-18-12-7-6-11(15-14)9-4-3-5-10(9)12;1-6-4-8(3)9(11-10)5-7(6)2/h3-9H,10H2,1-2H3;6-7H,2-5,8H2,1H3;4-5H,1-3H3/q3*+1. The minimum Gasteiger partial charge on any atom is -0.482 e. The number of diazo groups is 3. The van der Waals surface area contributed by atoms with E-state index in [-0.39, 0.29) is 12.6 Å². The van der Waals surface area contributed by atoms with Crippen molar-refractivity contribution in [3.8, 4) is 5.75 Å². The molecule has 0 saturated heterocycles. The van der Waals surface area contributed by atoms with Crippen LogP contribution in [0.2, 0.25) is 0 Å². The summed E-state index contributed by atoms with van der Waals surface area (Å²) in [6, 6.07) is 21.5. The Hall–Kier alpha value is -5.59. The van der Waals surface area contributed by atoms with Crippen molar-refractivity contribution in [2.45, 2.75) is 67.2 Å². The minimum atomic E-state index is -0.375. The molecule has 0 aromatic heterocycles. The second-order valence-electron chi connectivity index (χ2n) is 11.2. The van der Waals surface area contributed by atoms with E-state index in [1.54, 1.807) is 19.1 Å². The smallest absolute Gasteiger partial charge is 0.388 e. The molecule has 5 rings (SSSR count). The second-order valence-corrected chi connectivity index (χ2v) is 11.2. The molecule has 0 saturated carbocycles. The molecule has 9 heteroatoms. The Morgan fingerprint density at radius 1 is 0.717 bits per heavy atom. The summed E-state index contributed by atoms with van der Waals surface area (Å²) in [5.41, 5.74) is 12.2. The topological polar surface area (TPSA) is 120 Å². The number of hydrogen-bond donors (Lipinski definition) is 0. The number of carbonyl (C=O) groups excluding carboxylic acids is 1. The van der Waals surface area contributed by atoms with Crippen LogP contribution in [0.15, 0.2) is 66.7 Å². The molecule has 0 bridgehead atoms. The van der Waals surface area contributed by atoms with E-state index in [9.17, 15) is 4.79 Å². The monoisotopic (exact) mass is 617 g/mol. The van der Waals surface area contributed by atoms with Gasteiger partial charge in [-0.05, 0) is 107 Å². The largest absolute Gasteiger partial charge is 0.482 e. The van der Waals surface area contributed by atoms with E-state index in [2.05, 4.69) is 34.0 Å². The van der Waals surface area contributed by atoms with Crippen molar-refractivity contribution in [2.75, 3.05) is 13.2 Å². The van der Waals surface area contributed by atoms with Gasteiger partial charge in [0.1, 0.15) is 5.75 Å². The lowest BCUT2D eigenvalue weighted by molar-refractivity contribution is -0.145. The van der Waals surface area contributed by atoms with Crippen molar-refractivity contribution in [1.82, 2.24) is 0 Å². The molecule has 0 fully saturated rings. The van der Waals surface area contributed by atoms with Crippen LogP contribution in [0, 0.1) is 50.8 Å². The van der Waals surface area contributed by atoms with Crippen LogP contribution in [-0.2, 0) is 28.8 Å². The van der Waals surface area contributed by atoms with Gasteiger partial charge in [0.25, 0.3) is 0 Å². The van der Waals surface area contributed by atoms with E-state index in [0.29, 0.717) is 29.4 Å². The molecule has 234 valence electrons. The molecule has 46 heavy (non-hydrogen) atoms. The number of fused-ring (bicyclic) bond motifs is 1. The van der Waals surface area contributed by atoms with E-state index in [0.717, 1.165) is 53.5 Å². The quantitative estimate of drug-likeness (QED) is 0.157. The van der Waals surface area contributed by atoms with Crippen molar-refractivity contribution >= 4 is 23.0 Å². The van der Waals surface area contributed by atoms with Crippen molar-refractivity contribution in [3.63, 3.8) is 0 Å². The van der Waals surface area contributed by atoms with Gasteiger partial charge < -0.3 is 9.47 Å². The fraction of sp³-hybridized carbons (Fsp3) is 0.324. The number of carbonyl (C=O) groups is 1. The van der Waals surface area contributed by atoms with Crippen LogP contribution in [0.4, 0.5) is 17.1 Å². The van der Waals surface area contributed by atoms with Crippen molar-refractivity contribution in [1.29, 1.82) is 16.2 Å². The number of esters is 1. The minimum absolute atomic E-state index is 0.0874. The Bertz CT molecular complexity index is 1810. The van der Waals surface area contributed by atoms with Crippen LogP contribution in [0.5, 0.6) is 5.75 Å². The molecule has 0 atom stereocenters. The Morgan fingerprint density at radius 3 is 2.00 bits per heavy atom. The predicted octanol–water partition coefficient (Wildman–Crippen LogP) is 10.1. The van der Waals surface area contributed by atoms with E-state index in [1.807, 2.05) is 70.2 Å². The molecular weight excluding hydrogens is 576 g/mol. The summed E-state index contributed by atoms with van der Waals surface area (Å²) in [7, 11) is 0. The van der Waals surface area contributed by atoms with E-state index in [1.165, 1.54) is 22.3 Å². The number of aryl methyl sites for hydroxylation is 4. The molecule has 1 aliphatic rings. The zero-order chi connectivity index (χ0) is 33.6. The highest BCUT2D eigenvalue weighted by atomic mass is 16.6. The van der Waals surface area contributed by atoms with Crippen molar-refractivity contribution in [3.05, 3.63) is 132 Å². The van der Waals surface area contributed by atoms with Crippen LogP contribution in [0.1, 0.15) is 63.4 Å². The number of nitrogens with zero attached hydrogens (tertiary/aromatic N) is 6. The molecule has 4 aromatic carbocycles. The number of rotatable bonds is 6. The molecular formula is C37H41N6O3+3. The van der Waals surface area contributed by atoms with Crippen LogP contribution in [-0.4, -0.2) is 19.2 Å². The van der Waals surface area contributed by atoms with Gasteiger partial charge in [0, 0.05) is 34.9 Å². The molecule has 0 amide bonds. The fourth-order valence-corrected chi connectivity index (χ4v) is 5.34. The van der Waals surface area contributed by atoms with Gasteiger partial charge >= 0.3 is 23.0 Å².